The monoisotopic (exact) mass is 510 g/mol. The second-order valence-electron chi connectivity index (χ2n) is 8.43. The van der Waals surface area contributed by atoms with Gasteiger partial charge in [0, 0.05) is 30.8 Å². The van der Waals surface area contributed by atoms with Gasteiger partial charge in [-0.25, -0.2) is 13.4 Å². The lowest BCUT2D eigenvalue weighted by molar-refractivity contribution is -0.152. The average Bonchev–Trinajstić information content (AvgIpc) is 2.84. The number of sulfone groups is 1. The standard InChI is InChI=1S/C27H27NO7S/c1-18(16-22(29)24-25(30)23(34-3)14-15-28-24)27(31)35-19(2)26(21-12-8-5-9-13-21)36(32,33)17-20-10-6-4-7-11-20/h4-6,8-15,18-19,26H,16-17H2,1-3H3/p+1/t18-,19+,26+/m1/s1. The summed E-state index contributed by atoms with van der Waals surface area (Å²) < 4.78 is 37.5. The van der Waals surface area contributed by atoms with Crippen LogP contribution in [-0.4, -0.2) is 49.2 Å². The summed E-state index contributed by atoms with van der Waals surface area (Å²) in [7, 11) is -2.45. The molecule has 1 aliphatic rings. The molecular weight excluding hydrogens is 482 g/mol. The molecule has 8 nitrogen and oxygen atoms in total. The summed E-state index contributed by atoms with van der Waals surface area (Å²) in [6, 6.07) is 9.96. The second-order valence-corrected chi connectivity index (χ2v) is 10.6. The van der Waals surface area contributed by atoms with E-state index >= 15 is 0 Å². The van der Waals surface area contributed by atoms with Gasteiger partial charge in [-0.2, -0.15) is 0 Å². The van der Waals surface area contributed by atoms with Gasteiger partial charge in [-0.15, -0.1) is 0 Å². The van der Waals surface area contributed by atoms with Gasteiger partial charge in [-0.1, -0.05) is 37.3 Å². The number of nitrogens with zero attached hydrogens (tertiary/aromatic N) is 1. The van der Waals surface area contributed by atoms with Crippen molar-refractivity contribution in [3.05, 3.63) is 89.8 Å². The van der Waals surface area contributed by atoms with Gasteiger partial charge in [-0.05, 0) is 12.5 Å². The zero-order valence-electron chi connectivity index (χ0n) is 20.2. The molecule has 1 aromatic carbocycles. The van der Waals surface area contributed by atoms with Crippen molar-refractivity contribution in [1.82, 2.24) is 4.98 Å². The maximum absolute atomic E-state index is 13.4. The van der Waals surface area contributed by atoms with Crippen molar-refractivity contribution in [2.24, 2.45) is 5.92 Å². The van der Waals surface area contributed by atoms with Gasteiger partial charge < -0.3 is 14.6 Å². The summed E-state index contributed by atoms with van der Waals surface area (Å²) in [5.74, 6) is -2.79. The molecule has 1 aliphatic carbocycles. The zero-order valence-corrected chi connectivity index (χ0v) is 21.1. The van der Waals surface area contributed by atoms with Gasteiger partial charge in [0.05, 0.1) is 24.7 Å². The maximum atomic E-state index is 13.4. The van der Waals surface area contributed by atoms with E-state index < -0.39 is 44.6 Å². The Morgan fingerprint density at radius 3 is 2.50 bits per heavy atom. The predicted molar refractivity (Wildman–Crippen MR) is 134 cm³/mol. The number of carbonyl (C=O) groups excluding carboxylic acids is 2. The Balaban J connectivity index is 1.76. The summed E-state index contributed by atoms with van der Waals surface area (Å²) in [6.45, 7) is 3.02. The highest BCUT2D eigenvalue weighted by molar-refractivity contribution is 7.91. The number of benzene rings is 1. The highest BCUT2D eigenvalue weighted by Crippen LogP contribution is 2.32. The van der Waals surface area contributed by atoms with Gasteiger partial charge in [0.2, 0.25) is 0 Å². The van der Waals surface area contributed by atoms with Crippen LogP contribution >= 0.6 is 0 Å². The van der Waals surface area contributed by atoms with Gasteiger partial charge >= 0.3 is 5.97 Å². The Morgan fingerprint density at radius 1 is 1.14 bits per heavy atom. The number of hydrogen-bond acceptors (Lipinski definition) is 8. The molecule has 0 spiro atoms. The number of aromatic hydroxyl groups is 1. The first-order chi connectivity index (χ1) is 17.1. The normalized spacial score (nSPS) is 15.2. The molecule has 0 fully saturated rings. The summed E-state index contributed by atoms with van der Waals surface area (Å²) in [5.41, 5.74) is 0.847. The molecule has 0 radical (unpaired) electrons. The lowest BCUT2D eigenvalue weighted by Crippen LogP contribution is -2.32. The number of pyridine rings is 1. The summed E-state index contributed by atoms with van der Waals surface area (Å²) in [4.78, 5) is 29.4. The number of aromatic nitrogens is 1. The predicted octanol–water partition coefficient (Wildman–Crippen LogP) is 3.95. The van der Waals surface area contributed by atoms with Crippen LogP contribution in [0.1, 0.15) is 41.6 Å². The quantitative estimate of drug-likeness (QED) is 0.274. The second kappa shape index (κ2) is 11.7. The van der Waals surface area contributed by atoms with Crippen molar-refractivity contribution < 1.29 is 32.6 Å². The fourth-order valence-corrected chi connectivity index (χ4v) is 5.91. The van der Waals surface area contributed by atoms with Crippen LogP contribution in [0, 0.1) is 12.0 Å². The Kier molecular flexibility index (Phi) is 8.74. The van der Waals surface area contributed by atoms with E-state index in [9.17, 15) is 23.1 Å². The van der Waals surface area contributed by atoms with Crippen LogP contribution in [0.3, 0.4) is 0 Å². The largest absolute Gasteiger partial charge is 0.503 e. The summed E-state index contributed by atoms with van der Waals surface area (Å²) >= 11 is 0. The number of ether oxygens (including phenoxy) is 2. The number of methoxy groups -OCH3 is 1. The minimum absolute atomic E-state index is 0.0872. The molecule has 0 saturated carbocycles. The summed E-state index contributed by atoms with van der Waals surface area (Å²) in [5, 5.41) is 9.06. The van der Waals surface area contributed by atoms with E-state index in [2.05, 4.69) is 11.1 Å². The number of esters is 1. The van der Waals surface area contributed by atoms with Crippen molar-refractivity contribution in [2.75, 3.05) is 12.9 Å². The van der Waals surface area contributed by atoms with Crippen LogP contribution in [0.2, 0.25) is 0 Å². The van der Waals surface area contributed by atoms with Gasteiger partial charge in [0.25, 0.3) is 0 Å². The Morgan fingerprint density at radius 2 is 1.86 bits per heavy atom. The van der Waals surface area contributed by atoms with Crippen LogP contribution in [0.5, 0.6) is 11.5 Å². The molecule has 1 heterocycles. The van der Waals surface area contributed by atoms with Gasteiger partial charge in [-0.3, -0.25) is 9.59 Å². The highest BCUT2D eigenvalue weighted by atomic mass is 32.2. The van der Waals surface area contributed by atoms with Crippen LogP contribution in [0.4, 0.5) is 0 Å². The number of carbonyl (C=O) groups is 2. The van der Waals surface area contributed by atoms with Crippen LogP contribution in [0.25, 0.3) is 0 Å². The van der Waals surface area contributed by atoms with Crippen LogP contribution in [0.15, 0.2) is 72.5 Å². The number of allylic oxidation sites excluding steroid dienone is 5. The van der Waals surface area contributed by atoms with E-state index in [1.165, 1.54) is 33.2 Å². The minimum atomic E-state index is -3.80. The van der Waals surface area contributed by atoms with Crippen molar-refractivity contribution in [1.29, 1.82) is 0 Å². The van der Waals surface area contributed by atoms with Crippen LogP contribution in [-0.2, 0) is 19.4 Å². The summed E-state index contributed by atoms with van der Waals surface area (Å²) in [6.07, 6.45) is 9.55. The molecule has 188 valence electrons. The number of rotatable bonds is 11. The van der Waals surface area contributed by atoms with Crippen LogP contribution < -0.4 is 4.74 Å². The first-order valence-corrected chi connectivity index (χ1v) is 13.0. The molecule has 9 heteroatoms. The third-order valence-corrected chi connectivity index (χ3v) is 7.81. The van der Waals surface area contributed by atoms with E-state index in [4.69, 9.17) is 9.47 Å². The zero-order chi connectivity index (χ0) is 26.3. The fourth-order valence-electron chi connectivity index (χ4n) is 3.88. The molecule has 0 amide bonds. The Labute approximate surface area is 210 Å². The third-order valence-electron chi connectivity index (χ3n) is 5.65. The first-order valence-electron chi connectivity index (χ1n) is 11.3. The number of ketones is 1. The molecule has 36 heavy (non-hydrogen) atoms. The smallest absolute Gasteiger partial charge is 0.309 e. The topological polar surface area (TPSA) is 120 Å². The molecule has 3 atom stereocenters. The Bertz CT molecular complexity index is 1300. The Hall–Kier alpha value is -3.81. The van der Waals surface area contributed by atoms with Crippen molar-refractivity contribution in [3.8, 4) is 11.5 Å². The molecule has 1 N–H and O–H groups in total. The van der Waals surface area contributed by atoms with E-state index in [1.807, 2.05) is 0 Å². The molecule has 3 rings (SSSR count). The lowest BCUT2D eigenvalue weighted by Gasteiger charge is -2.25. The van der Waals surface area contributed by atoms with E-state index in [0.717, 1.165) is 0 Å². The fraction of sp³-hybridized carbons (Fsp3) is 0.296. The molecule has 0 bridgehead atoms. The molecule has 0 aliphatic heterocycles. The SMILES string of the molecule is COc1ccnc(C(=O)C[C@@H](C)C(=O)O[C@@H](C)[C@@H](c2ccccc2)S(=O)(=O)CC2=CC=C[C+]=C2)c1O. The lowest BCUT2D eigenvalue weighted by atomic mass is 10.0. The first kappa shape index (κ1) is 26.8. The van der Waals surface area contributed by atoms with E-state index in [-0.39, 0.29) is 23.6 Å². The van der Waals surface area contributed by atoms with Crippen molar-refractivity contribution >= 4 is 21.6 Å². The van der Waals surface area contributed by atoms with Gasteiger partial charge in [0.15, 0.2) is 32.8 Å². The van der Waals surface area contributed by atoms with E-state index in [0.29, 0.717) is 11.1 Å². The van der Waals surface area contributed by atoms with Gasteiger partial charge in [0.1, 0.15) is 29.3 Å². The van der Waals surface area contributed by atoms with Crippen molar-refractivity contribution in [3.63, 3.8) is 0 Å². The maximum Gasteiger partial charge on any atom is 0.309 e. The van der Waals surface area contributed by atoms with E-state index in [1.54, 1.807) is 54.6 Å². The molecule has 0 unspecified atom stereocenters. The van der Waals surface area contributed by atoms with Crippen molar-refractivity contribution in [2.45, 2.75) is 31.6 Å². The molecule has 2 aromatic rings. The molecule has 0 saturated heterocycles. The third kappa shape index (κ3) is 6.44. The molecule has 1 aromatic heterocycles. The number of hydrogen-bond donors (Lipinski definition) is 1. The average molecular weight is 511 g/mol. The molecular formula is C27H28NO7S+. The minimum Gasteiger partial charge on any atom is -0.503 e. The number of Topliss-reactive ketones (excluding diaryl/α,β-unsaturated/α-hetero) is 1. The highest BCUT2D eigenvalue weighted by Gasteiger charge is 2.37.